The average molecular weight is 255 g/mol. The Hall–Kier alpha value is -1.10. The van der Waals surface area contributed by atoms with Crippen molar-refractivity contribution in [2.45, 2.75) is 51.5 Å². The summed E-state index contributed by atoms with van der Waals surface area (Å²) in [6, 6.07) is 0. The molecule has 104 valence electrons. The van der Waals surface area contributed by atoms with Gasteiger partial charge in [0.1, 0.15) is 0 Å². The Balaban J connectivity index is 2.38. The normalized spacial score (nSPS) is 27.6. The van der Waals surface area contributed by atoms with Crippen LogP contribution < -0.4 is 16.4 Å². The van der Waals surface area contributed by atoms with Crippen molar-refractivity contribution in [1.29, 1.82) is 0 Å². The smallest absolute Gasteiger partial charge is 0.239 e. The van der Waals surface area contributed by atoms with Crippen LogP contribution in [0.3, 0.4) is 0 Å². The maximum Gasteiger partial charge on any atom is 0.239 e. The van der Waals surface area contributed by atoms with Crippen LogP contribution in [0.15, 0.2) is 0 Å². The van der Waals surface area contributed by atoms with Crippen LogP contribution in [0, 0.1) is 5.92 Å². The molecule has 0 bridgehead atoms. The molecule has 0 saturated heterocycles. The fourth-order valence-corrected chi connectivity index (χ4v) is 2.41. The molecular weight excluding hydrogens is 230 g/mol. The summed E-state index contributed by atoms with van der Waals surface area (Å²) in [5.41, 5.74) is 5.71. The molecule has 0 aromatic rings. The molecule has 0 spiro atoms. The Kier molecular flexibility index (Phi) is 5.59. The first-order valence-electron chi connectivity index (χ1n) is 6.80. The van der Waals surface area contributed by atoms with Crippen LogP contribution in [0.1, 0.15) is 46.0 Å². The van der Waals surface area contributed by atoms with E-state index in [1.54, 1.807) is 0 Å². The molecule has 0 aromatic heterocycles. The molecule has 4 N–H and O–H groups in total. The van der Waals surface area contributed by atoms with Crippen molar-refractivity contribution in [3.63, 3.8) is 0 Å². The van der Waals surface area contributed by atoms with Gasteiger partial charge in [-0.1, -0.05) is 19.8 Å². The Bertz CT molecular complexity index is 303. The highest BCUT2D eigenvalue weighted by molar-refractivity contribution is 5.86. The second kappa shape index (κ2) is 6.73. The predicted octanol–water partition coefficient (Wildman–Crippen LogP) is 0.536. The molecule has 0 aliphatic heterocycles. The highest BCUT2D eigenvalue weighted by atomic mass is 16.2. The zero-order valence-electron chi connectivity index (χ0n) is 11.4. The SMILES string of the molecule is CCCNC(=O)CNC(=O)C1CCCCC1(C)N. The van der Waals surface area contributed by atoms with Crippen LogP contribution in [-0.2, 0) is 9.59 Å². The number of hydrogen-bond donors (Lipinski definition) is 3. The lowest BCUT2D eigenvalue weighted by Crippen LogP contribution is -2.53. The lowest BCUT2D eigenvalue weighted by atomic mass is 9.74. The second-order valence-corrected chi connectivity index (χ2v) is 5.37. The fourth-order valence-electron chi connectivity index (χ4n) is 2.41. The van der Waals surface area contributed by atoms with Crippen molar-refractivity contribution in [3.05, 3.63) is 0 Å². The van der Waals surface area contributed by atoms with E-state index in [1.165, 1.54) is 0 Å². The van der Waals surface area contributed by atoms with E-state index in [0.717, 1.165) is 32.1 Å². The van der Waals surface area contributed by atoms with Crippen LogP contribution in [0.5, 0.6) is 0 Å². The molecule has 1 rings (SSSR count). The average Bonchev–Trinajstić information content (AvgIpc) is 2.32. The lowest BCUT2D eigenvalue weighted by molar-refractivity contribution is -0.130. The molecule has 2 atom stereocenters. The van der Waals surface area contributed by atoms with Crippen molar-refractivity contribution >= 4 is 11.8 Å². The van der Waals surface area contributed by atoms with Gasteiger partial charge in [-0.05, 0) is 26.2 Å². The topological polar surface area (TPSA) is 84.2 Å². The predicted molar refractivity (Wildman–Crippen MR) is 70.9 cm³/mol. The quantitative estimate of drug-likeness (QED) is 0.670. The molecule has 1 fully saturated rings. The molecule has 2 unspecified atom stereocenters. The Morgan fingerprint density at radius 3 is 2.67 bits per heavy atom. The van der Waals surface area contributed by atoms with E-state index in [9.17, 15) is 9.59 Å². The van der Waals surface area contributed by atoms with Crippen LogP contribution in [0.2, 0.25) is 0 Å². The fraction of sp³-hybridized carbons (Fsp3) is 0.846. The molecule has 1 saturated carbocycles. The van der Waals surface area contributed by atoms with Crippen molar-refractivity contribution in [2.24, 2.45) is 11.7 Å². The minimum atomic E-state index is -0.442. The Morgan fingerprint density at radius 1 is 1.33 bits per heavy atom. The molecule has 18 heavy (non-hydrogen) atoms. The molecule has 0 aromatic carbocycles. The molecule has 5 nitrogen and oxygen atoms in total. The highest BCUT2D eigenvalue weighted by Crippen LogP contribution is 2.31. The second-order valence-electron chi connectivity index (χ2n) is 5.37. The largest absolute Gasteiger partial charge is 0.355 e. The van der Waals surface area contributed by atoms with E-state index in [-0.39, 0.29) is 24.3 Å². The van der Waals surface area contributed by atoms with Gasteiger partial charge in [-0.15, -0.1) is 0 Å². The summed E-state index contributed by atoms with van der Waals surface area (Å²) < 4.78 is 0. The maximum absolute atomic E-state index is 12.0. The number of nitrogens with two attached hydrogens (primary N) is 1. The number of nitrogens with one attached hydrogen (secondary N) is 2. The monoisotopic (exact) mass is 255 g/mol. The number of hydrogen-bond acceptors (Lipinski definition) is 3. The van der Waals surface area contributed by atoms with Crippen molar-refractivity contribution in [3.8, 4) is 0 Å². The molecular formula is C13H25N3O2. The summed E-state index contributed by atoms with van der Waals surface area (Å²) >= 11 is 0. The minimum Gasteiger partial charge on any atom is -0.355 e. The third kappa shape index (κ3) is 4.29. The third-order valence-corrected chi connectivity index (χ3v) is 3.57. The maximum atomic E-state index is 12.0. The lowest BCUT2D eigenvalue weighted by Gasteiger charge is -2.37. The summed E-state index contributed by atoms with van der Waals surface area (Å²) in [5.74, 6) is -0.406. The van der Waals surface area contributed by atoms with E-state index in [2.05, 4.69) is 10.6 Å². The standard InChI is InChI=1S/C13H25N3O2/c1-3-8-15-11(17)9-16-12(18)10-6-4-5-7-13(10,2)14/h10H,3-9,14H2,1-2H3,(H,15,17)(H,16,18). The number of carbonyl (C=O) groups is 2. The van der Waals surface area contributed by atoms with E-state index >= 15 is 0 Å². The van der Waals surface area contributed by atoms with Gasteiger partial charge in [-0.25, -0.2) is 0 Å². The van der Waals surface area contributed by atoms with Gasteiger partial charge in [-0.2, -0.15) is 0 Å². The van der Waals surface area contributed by atoms with Gasteiger partial charge in [0.2, 0.25) is 11.8 Å². The van der Waals surface area contributed by atoms with Crippen LogP contribution >= 0.6 is 0 Å². The molecule has 1 aliphatic rings. The summed E-state index contributed by atoms with van der Waals surface area (Å²) in [6.45, 7) is 4.60. The van der Waals surface area contributed by atoms with Crippen LogP contribution in [0.25, 0.3) is 0 Å². The van der Waals surface area contributed by atoms with Gasteiger partial charge in [0.25, 0.3) is 0 Å². The third-order valence-electron chi connectivity index (χ3n) is 3.57. The first-order valence-corrected chi connectivity index (χ1v) is 6.80. The molecule has 1 aliphatic carbocycles. The summed E-state index contributed by atoms with van der Waals surface area (Å²) in [4.78, 5) is 23.4. The first kappa shape index (κ1) is 15.0. The summed E-state index contributed by atoms with van der Waals surface area (Å²) in [6.07, 6.45) is 4.69. The van der Waals surface area contributed by atoms with Crippen molar-refractivity contribution < 1.29 is 9.59 Å². The van der Waals surface area contributed by atoms with Gasteiger partial charge in [0, 0.05) is 12.1 Å². The zero-order chi connectivity index (χ0) is 13.6. The van der Waals surface area contributed by atoms with E-state index in [1.807, 2.05) is 13.8 Å². The molecule has 0 radical (unpaired) electrons. The number of carbonyl (C=O) groups excluding carboxylic acids is 2. The van der Waals surface area contributed by atoms with Crippen LogP contribution in [0.4, 0.5) is 0 Å². The first-order chi connectivity index (χ1) is 8.47. The Labute approximate surface area is 109 Å². The zero-order valence-corrected chi connectivity index (χ0v) is 11.4. The number of amides is 2. The van der Waals surface area contributed by atoms with Gasteiger partial charge < -0.3 is 16.4 Å². The Morgan fingerprint density at radius 2 is 2.06 bits per heavy atom. The van der Waals surface area contributed by atoms with E-state index in [0.29, 0.717) is 6.54 Å². The van der Waals surface area contributed by atoms with E-state index < -0.39 is 5.54 Å². The number of rotatable bonds is 5. The van der Waals surface area contributed by atoms with Gasteiger partial charge >= 0.3 is 0 Å². The van der Waals surface area contributed by atoms with Crippen molar-refractivity contribution in [1.82, 2.24) is 10.6 Å². The highest BCUT2D eigenvalue weighted by Gasteiger charge is 2.37. The van der Waals surface area contributed by atoms with Gasteiger partial charge in [0.15, 0.2) is 0 Å². The van der Waals surface area contributed by atoms with Crippen molar-refractivity contribution in [2.75, 3.05) is 13.1 Å². The molecule has 5 heteroatoms. The van der Waals surface area contributed by atoms with Crippen LogP contribution in [-0.4, -0.2) is 30.4 Å². The van der Waals surface area contributed by atoms with Gasteiger partial charge in [-0.3, -0.25) is 9.59 Å². The molecule has 2 amide bonds. The van der Waals surface area contributed by atoms with E-state index in [4.69, 9.17) is 5.73 Å². The van der Waals surface area contributed by atoms with Gasteiger partial charge in [0.05, 0.1) is 12.5 Å². The minimum absolute atomic E-state index is 0.0470. The molecule has 0 heterocycles. The summed E-state index contributed by atoms with van der Waals surface area (Å²) in [5, 5.41) is 5.41. The summed E-state index contributed by atoms with van der Waals surface area (Å²) in [7, 11) is 0.